The maximum atomic E-state index is 13.7. The molecule has 94 valence electrons. The number of rotatable bonds is 3. The van der Waals surface area contributed by atoms with Gasteiger partial charge in [0.25, 0.3) is 0 Å². The van der Waals surface area contributed by atoms with E-state index in [1.807, 2.05) is 0 Å². The first kappa shape index (κ1) is 12.7. The Balaban J connectivity index is 2.02. The fourth-order valence-corrected chi connectivity index (χ4v) is 2.50. The average Bonchev–Trinajstić information content (AvgIpc) is 2.35. The maximum absolute atomic E-state index is 13.7. The Hall–Kier alpha value is -0.800. The second-order valence-corrected chi connectivity index (χ2v) is 4.87. The number of methoxy groups -OCH3 is 1. The summed E-state index contributed by atoms with van der Waals surface area (Å²) in [6, 6.07) is 5.30. The van der Waals surface area contributed by atoms with Crippen molar-refractivity contribution in [2.45, 2.75) is 37.8 Å². The summed E-state index contributed by atoms with van der Waals surface area (Å²) in [5, 5.41) is 3.38. The monoisotopic (exact) mass is 257 g/mol. The molecule has 0 heterocycles. The van der Waals surface area contributed by atoms with E-state index in [-0.39, 0.29) is 23.0 Å². The minimum Gasteiger partial charge on any atom is -0.381 e. The first-order valence-corrected chi connectivity index (χ1v) is 6.32. The summed E-state index contributed by atoms with van der Waals surface area (Å²) in [6.45, 7) is 0. The molecule has 1 saturated carbocycles. The SMILES string of the molecule is COC1CCCC(Nc2cccc(Cl)c2F)C1. The van der Waals surface area contributed by atoms with Gasteiger partial charge in [-0.15, -0.1) is 0 Å². The highest BCUT2D eigenvalue weighted by atomic mass is 35.5. The molecule has 0 spiro atoms. The van der Waals surface area contributed by atoms with Gasteiger partial charge < -0.3 is 10.1 Å². The van der Waals surface area contributed by atoms with E-state index in [4.69, 9.17) is 16.3 Å². The van der Waals surface area contributed by atoms with Crippen LogP contribution in [0.3, 0.4) is 0 Å². The highest BCUT2D eigenvalue weighted by molar-refractivity contribution is 6.31. The quantitative estimate of drug-likeness (QED) is 0.888. The Bertz CT molecular complexity index is 386. The molecule has 0 amide bonds. The highest BCUT2D eigenvalue weighted by Gasteiger charge is 2.22. The predicted molar refractivity (Wildman–Crippen MR) is 68.1 cm³/mol. The Morgan fingerprint density at radius 1 is 1.41 bits per heavy atom. The number of halogens is 2. The van der Waals surface area contributed by atoms with Crippen molar-refractivity contribution in [2.75, 3.05) is 12.4 Å². The van der Waals surface area contributed by atoms with Crippen molar-refractivity contribution in [1.29, 1.82) is 0 Å². The van der Waals surface area contributed by atoms with E-state index >= 15 is 0 Å². The maximum Gasteiger partial charge on any atom is 0.164 e. The molecule has 1 aliphatic rings. The molecule has 2 nitrogen and oxygen atoms in total. The van der Waals surface area contributed by atoms with Crippen LogP contribution < -0.4 is 5.32 Å². The van der Waals surface area contributed by atoms with E-state index in [0.29, 0.717) is 5.69 Å². The minimum atomic E-state index is -0.367. The third kappa shape index (κ3) is 3.11. The van der Waals surface area contributed by atoms with E-state index in [1.165, 1.54) is 0 Å². The second-order valence-electron chi connectivity index (χ2n) is 4.47. The topological polar surface area (TPSA) is 21.3 Å². The van der Waals surface area contributed by atoms with Crippen molar-refractivity contribution in [1.82, 2.24) is 0 Å². The number of hydrogen-bond donors (Lipinski definition) is 1. The molecule has 0 saturated heterocycles. The van der Waals surface area contributed by atoms with Crippen LogP contribution in [0.4, 0.5) is 10.1 Å². The zero-order valence-electron chi connectivity index (χ0n) is 9.88. The smallest absolute Gasteiger partial charge is 0.164 e. The van der Waals surface area contributed by atoms with Crippen LogP contribution in [0.5, 0.6) is 0 Å². The lowest BCUT2D eigenvalue weighted by atomic mass is 9.92. The van der Waals surface area contributed by atoms with Crippen molar-refractivity contribution in [2.24, 2.45) is 0 Å². The van der Waals surface area contributed by atoms with Crippen LogP contribution in [-0.4, -0.2) is 19.3 Å². The van der Waals surface area contributed by atoms with Crippen LogP contribution in [0.1, 0.15) is 25.7 Å². The lowest BCUT2D eigenvalue weighted by Crippen LogP contribution is -2.31. The van der Waals surface area contributed by atoms with Gasteiger partial charge in [0, 0.05) is 13.2 Å². The minimum absolute atomic E-state index is 0.161. The van der Waals surface area contributed by atoms with E-state index in [0.717, 1.165) is 25.7 Å². The molecular weight excluding hydrogens is 241 g/mol. The Kier molecular flexibility index (Phi) is 4.24. The fraction of sp³-hybridized carbons (Fsp3) is 0.538. The summed E-state index contributed by atoms with van der Waals surface area (Å²) in [7, 11) is 1.73. The first-order chi connectivity index (χ1) is 8.20. The number of hydrogen-bond acceptors (Lipinski definition) is 2. The molecule has 0 radical (unpaired) electrons. The van der Waals surface area contributed by atoms with Crippen molar-refractivity contribution in [3.63, 3.8) is 0 Å². The average molecular weight is 258 g/mol. The van der Waals surface area contributed by atoms with E-state index in [2.05, 4.69) is 5.32 Å². The summed E-state index contributed by atoms with van der Waals surface area (Å²) >= 11 is 5.75. The molecule has 1 aliphatic carbocycles. The van der Waals surface area contributed by atoms with E-state index < -0.39 is 0 Å². The lowest BCUT2D eigenvalue weighted by molar-refractivity contribution is 0.0669. The Labute approximate surface area is 106 Å². The van der Waals surface area contributed by atoms with Gasteiger partial charge in [-0.05, 0) is 37.8 Å². The van der Waals surface area contributed by atoms with Crippen LogP contribution >= 0.6 is 11.6 Å². The molecule has 1 aromatic rings. The largest absolute Gasteiger partial charge is 0.381 e. The lowest BCUT2D eigenvalue weighted by Gasteiger charge is -2.29. The van der Waals surface area contributed by atoms with Gasteiger partial charge in [-0.25, -0.2) is 4.39 Å². The standard InChI is InChI=1S/C13H17ClFNO/c1-17-10-5-2-4-9(8-10)16-12-7-3-6-11(14)13(12)15/h3,6-7,9-10,16H,2,4-5,8H2,1H3. The molecule has 0 aromatic heterocycles. The fourth-order valence-electron chi connectivity index (χ4n) is 2.33. The van der Waals surface area contributed by atoms with Gasteiger partial charge in [0.2, 0.25) is 0 Å². The van der Waals surface area contributed by atoms with Crippen molar-refractivity contribution < 1.29 is 9.13 Å². The summed E-state index contributed by atoms with van der Waals surface area (Å²) in [6.07, 6.45) is 4.45. The summed E-state index contributed by atoms with van der Waals surface area (Å²) in [4.78, 5) is 0. The normalized spacial score (nSPS) is 24.6. The zero-order valence-corrected chi connectivity index (χ0v) is 10.6. The van der Waals surface area contributed by atoms with Crippen LogP contribution in [0, 0.1) is 5.82 Å². The summed E-state index contributed by atoms with van der Waals surface area (Å²) < 4.78 is 19.1. The zero-order chi connectivity index (χ0) is 12.3. The van der Waals surface area contributed by atoms with Gasteiger partial charge in [-0.1, -0.05) is 17.7 Å². The number of benzene rings is 1. The number of nitrogens with one attached hydrogen (secondary N) is 1. The molecule has 1 aromatic carbocycles. The van der Waals surface area contributed by atoms with Crippen LogP contribution in [0.2, 0.25) is 5.02 Å². The number of ether oxygens (including phenoxy) is 1. The van der Waals surface area contributed by atoms with Crippen LogP contribution in [-0.2, 0) is 4.74 Å². The van der Waals surface area contributed by atoms with Crippen molar-refractivity contribution in [3.8, 4) is 0 Å². The molecule has 2 atom stereocenters. The third-order valence-corrected chi connectivity index (χ3v) is 3.56. The van der Waals surface area contributed by atoms with Gasteiger partial charge in [0.15, 0.2) is 5.82 Å². The summed E-state index contributed by atoms with van der Waals surface area (Å²) in [5.41, 5.74) is 0.485. The molecule has 2 rings (SSSR count). The second kappa shape index (κ2) is 5.69. The van der Waals surface area contributed by atoms with Gasteiger partial charge in [0.1, 0.15) is 0 Å². The highest BCUT2D eigenvalue weighted by Crippen LogP contribution is 2.27. The molecule has 2 unspecified atom stereocenters. The van der Waals surface area contributed by atoms with E-state index in [1.54, 1.807) is 25.3 Å². The van der Waals surface area contributed by atoms with Crippen molar-refractivity contribution >= 4 is 17.3 Å². The molecule has 0 bridgehead atoms. The molecule has 1 N–H and O–H groups in total. The Morgan fingerprint density at radius 2 is 2.24 bits per heavy atom. The number of anilines is 1. The Morgan fingerprint density at radius 3 is 3.00 bits per heavy atom. The van der Waals surface area contributed by atoms with Crippen LogP contribution in [0.25, 0.3) is 0 Å². The van der Waals surface area contributed by atoms with Gasteiger partial charge in [0.05, 0.1) is 16.8 Å². The van der Waals surface area contributed by atoms with Crippen molar-refractivity contribution in [3.05, 3.63) is 29.0 Å². The third-order valence-electron chi connectivity index (χ3n) is 3.27. The van der Waals surface area contributed by atoms with Gasteiger partial charge in [-0.3, -0.25) is 0 Å². The molecule has 1 fully saturated rings. The predicted octanol–water partition coefficient (Wildman–Crippen LogP) is 3.85. The molecule has 4 heteroatoms. The first-order valence-electron chi connectivity index (χ1n) is 5.94. The van der Waals surface area contributed by atoms with Gasteiger partial charge >= 0.3 is 0 Å². The van der Waals surface area contributed by atoms with E-state index in [9.17, 15) is 4.39 Å². The molecule has 0 aliphatic heterocycles. The van der Waals surface area contributed by atoms with Crippen LogP contribution in [0.15, 0.2) is 18.2 Å². The van der Waals surface area contributed by atoms with Gasteiger partial charge in [-0.2, -0.15) is 0 Å². The molecular formula is C13H17ClFNO. The molecule has 17 heavy (non-hydrogen) atoms. The summed E-state index contributed by atoms with van der Waals surface area (Å²) in [5.74, 6) is -0.367.